The molecule has 0 saturated carbocycles. The maximum atomic E-state index is 5.41. The van der Waals surface area contributed by atoms with Crippen LogP contribution in [0, 0.1) is 0 Å². The molecule has 0 fully saturated rings. The Morgan fingerprint density at radius 2 is 2.26 bits per heavy atom. The summed E-state index contributed by atoms with van der Waals surface area (Å²) >= 11 is 0. The molecular formula is C12H18N6O. The number of rotatable bonds is 6. The normalized spacial score (nSPS) is 10.7. The molecule has 102 valence electrons. The van der Waals surface area contributed by atoms with Gasteiger partial charge in [0, 0.05) is 25.9 Å². The molecule has 0 aliphatic heterocycles. The van der Waals surface area contributed by atoms with Crippen molar-refractivity contribution in [1.29, 1.82) is 0 Å². The second kappa shape index (κ2) is 6.26. The Kier molecular flexibility index (Phi) is 4.43. The number of aryl methyl sites for hydroxylation is 1. The lowest BCUT2D eigenvalue weighted by Crippen LogP contribution is -2.10. The van der Waals surface area contributed by atoms with Crippen LogP contribution in [-0.4, -0.2) is 26.9 Å². The molecule has 2 heterocycles. The summed E-state index contributed by atoms with van der Waals surface area (Å²) in [5, 5.41) is 4.27. The van der Waals surface area contributed by atoms with Crippen molar-refractivity contribution in [2.24, 2.45) is 5.84 Å². The minimum absolute atomic E-state index is 0.410. The lowest BCUT2D eigenvalue weighted by Gasteiger charge is -2.05. The maximum Gasteiger partial charge on any atom is 0.165 e. The molecule has 0 aliphatic rings. The second-order valence-corrected chi connectivity index (χ2v) is 4.14. The van der Waals surface area contributed by atoms with Crippen LogP contribution in [-0.2, 0) is 17.9 Å². The highest BCUT2D eigenvalue weighted by atomic mass is 16.5. The molecular weight excluding hydrogens is 244 g/mol. The highest BCUT2D eigenvalue weighted by molar-refractivity contribution is 5.55. The third kappa shape index (κ3) is 3.27. The minimum atomic E-state index is 0.410. The molecule has 0 radical (unpaired) electrons. The van der Waals surface area contributed by atoms with Crippen molar-refractivity contribution in [1.82, 2.24) is 19.7 Å². The number of hydrazine groups is 1. The number of nitrogens with zero attached hydrogens (tertiary/aromatic N) is 4. The van der Waals surface area contributed by atoms with E-state index in [1.54, 1.807) is 19.4 Å². The van der Waals surface area contributed by atoms with Gasteiger partial charge in [0.1, 0.15) is 5.82 Å². The summed E-state index contributed by atoms with van der Waals surface area (Å²) in [5.74, 6) is 6.56. The molecule has 2 aromatic rings. The van der Waals surface area contributed by atoms with Gasteiger partial charge in [-0.15, -0.1) is 0 Å². The molecule has 2 rings (SSSR count). The van der Waals surface area contributed by atoms with Crippen LogP contribution in [0.1, 0.15) is 19.0 Å². The van der Waals surface area contributed by atoms with E-state index in [-0.39, 0.29) is 0 Å². The fraction of sp³-hybridized carbons (Fsp3) is 0.417. The molecule has 0 saturated heterocycles. The molecule has 0 unspecified atom stereocenters. The standard InChI is InChI=1S/C12H18N6O/c1-3-4-18-7-9(6-14-18)12-15-10(8-19-2)5-11(16-12)17-13/h5-7H,3-4,8,13H2,1-2H3,(H,15,16,17). The minimum Gasteiger partial charge on any atom is -0.378 e. The molecule has 0 aromatic carbocycles. The predicted octanol–water partition coefficient (Wildman–Crippen LogP) is 1.18. The van der Waals surface area contributed by atoms with Gasteiger partial charge in [-0.2, -0.15) is 5.10 Å². The number of hydrogen-bond acceptors (Lipinski definition) is 6. The fourth-order valence-corrected chi connectivity index (χ4v) is 1.75. The maximum absolute atomic E-state index is 5.41. The molecule has 3 N–H and O–H groups in total. The van der Waals surface area contributed by atoms with E-state index in [1.807, 2.05) is 10.9 Å². The van der Waals surface area contributed by atoms with Gasteiger partial charge in [-0.1, -0.05) is 6.92 Å². The number of ether oxygens (including phenoxy) is 1. The third-order valence-corrected chi connectivity index (χ3v) is 2.56. The van der Waals surface area contributed by atoms with Crippen molar-refractivity contribution in [3.05, 3.63) is 24.2 Å². The molecule has 19 heavy (non-hydrogen) atoms. The third-order valence-electron chi connectivity index (χ3n) is 2.56. The van der Waals surface area contributed by atoms with E-state index >= 15 is 0 Å². The largest absolute Gasteiger partial charge is 0.378 e. The summed E-state index contributed by atoms with van der Waals surface area (Å²) in [6.07, 6.45) is 4.71. The van der Waals surface area contributed by atoms with Gasteiger partial charge in [-0.3, -0.25) is 4.68 Å². The van der Waals surface area contributed by atoms with Crippen molar-refractivity contribution in [3.63, 3.8) is 0 Å². The first-order chi connectivity index (χ1) is 9.26. The van der Waals surface area contributed by atoms with Gasteiger partial charge in [0.2, 0.25) is 0 Å². The van der Waals surface area contributed by atoms with Crippen molar-refractivity contribution in [2.45, 2.75) is 26.5 Å². The summed E-state index contributed by atoms with van der Waals surface area (Å²) in [6.45, 7) is 3.39. The average molecular weight is 262 g/mol. The van der Waals surface area contributed by atoms with Crippen LogP contribution in [0.3, 0.4) is 0 Å². The molecule has 7 heteroatoms. The number of nitrogen functional groups attached to an aromatic ring is 1. The first kappa shape index (κ1) is 13.4. The predicted molar refractivity (Wildman–Crippen MR) is 72.1 cm³/mol. The van der Waals surface area contributed by atoms with Crippen LogP contribution >= 0.6 is 0 Å². The van der Waals surface area contributed by atoms with Crippen LogP contribution in [0.25, 0.3) is 11.4 Å². The number of nitrogens with two attached hydrogens (primary N) is 1. The van der Waals surface area contributed by atoms with Crippen molar-refractivity contribution in [2.75, 3.05) is 12.5 Å². The quantitative estimate of drug-likeness (QED) is 0.600. The Morgan fingerprint density at radius 3 is 2.95 bits per heavy atom. The molecule has 0 bridgehead atoms. The number of methoxy groups -OCH3 is 1. The van der Waals surface area contributed by atoms with Gasteiger partial charge in [0.05, 0.1) is 24.1 Å². The number of hydrogen-bond donors (Lipinski definition) is 2. The first-order valence-electron chi connectivity index (χ1n) is 6.13. The molecule has 0 aliphatic carbocycles. The Morgan fingerprint density at radius 1 is 1.42 bits per heavy atom. The zero-order chi connectivity index (χ0) is 13.7. The van der Waals surface area contributed by atoms with Crippen LogP contribution in [0.4, 0.5) is 5.82 Å². The van der Waals surface area contributed by atoms with Crippen LogP contribution in [0.5, 0.6) is 0 Å². The lowest BCUT2D eigenvalue weighted by atomic mass is 10.3. The molecule has 2 aromatic heterocycles. The summed E-state index contributed by atoms with van der Waals surface area (Å²) in [7, 11) is 1.62. The Bertz CT molecular complexity index is 539. The summed E-state index contributed by atoms with van der Waals surface area (Å²) in [5.41, 5.74) is 4.17. The van der Waals surface area contributed by atoms with Crippen LogP contribution in [0.15, 0.2) is 18.5 Å². The van der Waals surface area contributed by atoms with Gasteiger partial charge >= 0.3 is 0 Å². The topological polar surface area (TPSA) is 90.9 Å². The highest BCUT2D eigenvalue weighted by Crippen LogP contribution is 2.17. The monoisotopic (exact) mass is 262 g/mol. The van der Waals surface area contributed by atoms with Gasteiger partial charge < -0.3 is 10.2 Å². The van der Waals surface area contributed by atoms with Crippen molar-refractivity contribution < 1.29 is 4.74 Å². The lowest BCUT2D eigenvalue weighted by molar-refractivity contribution is 0.181. The van der Waals surface area contributed by atoms with Gasteiger partial charge in [-0.25, -0.2) is 15.8 Å². The van der Waals surface area contributed by atoms with E-state index in [1.165, 1.54) is 0 Å². The van der Waals surface area contributed by atoms with Gasteiger partial charge in [-0.05, 0) is 6.42 Å². The molecule has 0 atom stereocenters. The number of nitrogens with one attached hydrogen (secondary N) is 1. The Balaban J connectivity index is 2.33. The SMILES string of the molecule is CCCn1cc(-c2nc(COC)cc(NN)n2)cn1. The highest BCUT2D eigenvalue weighted by Gasteiger charge is 2.08. The molecule has 0 amide bonds. The molecule has 0 spiro atoms. The average Bonchev–Trinajstić information content (AvgIpc) is 2.88. The fourth-order valence-electron chi connectivity index (χ4n) is 1.75. The van der Waals surface area contributed by atoms with E-state index in [4.69, 9.17) is 10.6 Å². The van der Waals surface area contributed by atoms with Crippen LogP contribution < -0.4 is 11.3 Å². The Hall–Kier alpha value is -1.99. The number of anilines is 1. The smallest absolute Gasteiger partial charge is 0.165 e. The molecule has 7 nitrogen and oxygen atoms in total. The van der Waals surface area contributed by atoms with E-state index in [9.17, 15) is 0 Å². The van der Waals surface area contributed by atoms with Crippen molar-refractivity contribution in [3.8, 4) is 11.4 Å². The van der Waals surface area contributed by atoms with E-state index < -0.39 is 0 Å². The van der Waals surface area contributed by atoms with Crippen LogP contribution in [0.2, 0.25) is 0 Å². The second-order valence-electron chi connectivity index (χ2n) is 4.14. The first-order valence-corrected chi connectivity index (χ1v) is 6.13. The summed E-state index contributed by atoms with van der Waals surface area (Å²) in [6, 6.07) is 1.75. The van der Waals surface area contributed by atoms with Gasteiger partial charge in [0.15, 0.2) is 5.82 Å². The number of aromatic nitrogens is 4. The summed E-state index contributed by atoms with van der Waals surface area (Å²) in [4.78, 5) is 8.75. The van der Waals surface area contributed by atoms with E-state index in [0.717, 1.165) is 24.2 Å². The Labute approximate surface area is 111 Å². The summed E-state index contributed by atoms with van der Waals surface area (Å²) < 4.78 is 6.95. The van der Waals surface area contributed by atoms with Crippen molar-refractivity contribution >= 4 is 5.82 Å². The van der Waals surface area contributed by atoms with E-state index in [2.05, 4.69) is 27.4 Å². The zero-order valence-corrected chi connectivity index (χ0v) is 11.1. The zero-order valence-electron chi connectivity index (χ0n) is 11.1. The van der Waals surface area contributed by atoms with E-state index in [0.29, 0.717) is 18.2 Å². The van der Waals surface area contributed by atoms with Gasteiger partial charge in [0.25, 0.3) is 0 Å².